The quantitative estimate of drug-likeness (QED) is 0.837. The second-order valence-corrected chi connectivity index (χ2v) is 4.45. The zero-order chi connectivity index (χ0) is 12.4. The number of anilines is 1. The van der Waals surface area contributed by atoms with Crippen LogP contribution in [0.2, 0.25) is 0 Å². The van der Waals surface area contributed by atoms with Gasteiger partial charge in [-0.25, -0.2) is 9.37 Å². The number of aromatic nitrogens is 1. The third kappa shape index (κ3) is 2.54. The van der Waals surface area contributed by atoms with E-state index in [1.165, 1.54) is 12.3 Å². The summed E-state index contributed by atoms with van der Waals surface area (Å²) in [7, 11) is 1.57. The van der Waals surface area contributed by atoms with Crippen LogP contribution in [0.15, 0.2) is 12.3 Å². The van der Waals surface area contributed by atoms with E-state index in [1.807, 2.05) is 0 Å². The summed E-state index contributed by atoms with van der Waals surface area (Å²) in [5.41, 5.74) is 0.0395. The lowest BCUT2D eigenvalue weighted by Crippen LogP contribution is -2.27. The van der Waals surface area contributed by atoms with E-state index in [0.29, 0.717) is 18.4 Å². The molecule has 17 heavy (non-hydrogen) atoms. The maximum atomic E-state index is 13.8. The number of carbonyl (C=O) groups is 1. The van der Waals surface area contributed by atoms with Gasteiger partial charge in [-0.2, -0.15) is 0 Å². The molecule has 1 saturated carbocycles. The van der Waals surface area contributed by atoms with E-state index in [9.17, 15) is 9.18 Å². The van der Waals surface area contributed by atoms with Crippen molar-refractivity contribution in [3.05, 3.63) is 23.6 Å². The zero-order valence-corrected chi connectivity index (χ0v) is 9.96. The number of nitrogens with zero attached hydrogens (tertiary/aromatic N) is 1. The van der Waals surface area contributed by atoms with Crippen molar-refractivity contribution in [2.45, 2.75) is 13.3 Å². The Morgan fingerprint density at radius 2 is 2.35 bits per heavy atom. The summed E-state index contributed by atoms with van der Waals surface area (Å²) >= 11 is 0. The highest BCUT2D eigenvalue weighted by Crippen LogP contribution is 2.36. The van der Waals surface area contributed by atoms with Gasteiger partial charge in [-0.1, -0.05) is 6.92 Å². The Balaban J connectivity index is 2.03. The lowest BCUT2D eigenvalue weighted by Gasteiger charge is -2.07. The summed E-state index contributed by atoms with van der Waals surface area (Å²) in [5.74, 6) is 0.340. The van der Waals surface area contributed by atoms with Gasteiger partial charge >= 0.3 is 0 Å². The third-order valence-corrected chi connectivity index (χ3v) is 3.17. The second-order valence-electron chi connectivity index (χ2n) is 4.45. The topological polar surface area (TPSA) is 54.0 Å². The summed E-state index contributed by atoms with van der Waals surface area (Å²) in [6.07, 6.45) is 2.56. The Kier molecular flexibility index (Phi) is 3.26. The van der Waals surface area contributed by atoms with E-state index in [0.717, 1.165) is 6.42 Å². The highest BCUT2D eigenvalue weighted by Gasteiger charge is 2.32. The van der Waals surface area contributed by atoms with Gasteiger partial charge in [-0.15, -0.1) is 0 Å². The monoisotopic (exact) mass is 237 g/mol. The molecule has 4 nitrogen and oxygen atoms in total. The van der Waals surface area contributed by atoms with E-state index in [4.69, 9.17) is 0 Å². The molecule has 1 fully saturated rings. The zero-order valence-electron chi connectivity index (χ0n) is 9.96. The Labute approximate surface area is 99.6 Å². The fourth-order valence-corrected chi connectivity index (χ4v) is 1.80. The van der Waals surface area contributed by atoms with Crippen LogP contribution in [-0.4, -0.2) is 24.5 Å². The minimum atomic E-state index is -0.601. The average Bonchev–Trinajstić information content (AvgIpc) is 3.03. The first-order valence-corrected chi connectivity index (χ1v) is 5.74. The number of pyridine rings is 1. The third-order valence-electron chi connectivity index (χ3n) is 3.17. The molecule has 0 aliphatic heterocycles. The molecular formula is C12H16FN3O. The van der Waals surface area contributed by atoms with E-state index >= 15 is 0 Å². The molecule has 1 aliphatic rings. The number of rotatable bonds is 4. The van der Waals surface area contributed by atoms with E-state index in [1.54, 1.807) is 7.05 Å². The van der Waals surface area contributed by atoms with Crippen LogP contribution in [0.5, 0.6) is 0 Å². The van der Waals surface area contributed by atoms with E-state index in [-0.39, 0.29) is 17.3 Å². The van der Waals surface area contributed by atoms with Crippen molar-refractivity contribution >= 4 is 11.7 Å². The first-order chi connectivity index (χ1) is 8.13. The van der Waals surface area contributed by atoms with E-state index in [2.05, 4.69) is 22.5 Å². The minimum absolute atomic E-state index is 0.0395. The first-order valence-electron chi connectivity index (χ1n) is 5.74. The molecule has 2 N–H and O–H groups in total. The molecule has 1 aromatic heterocycles. The highest BCUT2D eigenvalue weighted by atomic mass is 19.1. The fraction of sp³-hybridized carbons (Fsp3) is 0.500. The molecular weight excluding hydrogens is 221 g/mol. The van der Waals surface area contributed by atoms with Crippen LogP contribution < -0.4 is 10.6 Å². The molecule has 1 aliphatic carbocycles. The number of nitrogens with one attached hydrogen (secondary N) is 2. The van der Waals surface area contributed by atoms with Crippen molar-refractivity contribution in [1.29, 1.82) is 0 Å². The molecule has 2 unspecified atom stereocenters. The van der Waals surface area contributed by atoms with Crippen LogP contribution in [0.4, 0.5) is 10.2 Å². The van der Waals surface area contributed by atoms with Gasteiger partial charge in [0.1, 0.15) is 0 Å². The largest absolute Gasteiger partial charge is 0.371 e. The van der Waals surface area contributed by atoms with Crippen molar-refractivity contribution < 1.29 is 9.18 Å². The number of amides is 1. The fourth-order valence-electron chi connectivity index (χ4n) is 1.80. The SMILES string of the molecule is CNc1nccc(C(=O)NCC2CC2C)c1F. The maximum Gasteiger partial charge on any atom is 0.254 e. The molecule has 92 valence electrons. The predicted molar refractivity (Wildman–Crippen MR) is 63.3 cm³/mol. The number of carbonyl (C=O) groups excluding carboxylic acids is 1. The molecule has 2 rings (SSSR count). The first kappa shape index (κ1) is 11.8. The molecule has 0 radical (unpaired) electrons. The molecule has 0 bridgehead atoms. The lowest BCUT2D eigenvalue weighted by atomic mass is 10.2. The minimum Gasteiger partial charge on any atom is -0.371 e. The lowest BCUT2D eigenvalue weighted by molar-refractivity contribution is 0.0947. The van der Waals surface area contributed by atoms with Crippen LogP contribution in [-0.2, 0) is 0 Å². The highest BCUT2D eigenvalue weighted by molar-refractivity contribution is 5.95. The maximum absolute atomic E-state index is 13.8. The van der Waals surface area contributed by atoms with Crippen LogP contribution in [0.3, 0.4) is 0 Å². The van der Waals surface area contributed by atoms with Gasteiger partial charge in [0.05, 0.1) is 5.56 Å². The van der Waals surface area contributed by atoms with Crippen LogP contribution in [0.25, 0.3) is 0 Å². The summed E-state index contributed by atoms with van der Waals surface area (Å²) in [6.45, 7) is 2.76. The summed E-state index contributed by atoms with van der Waals surface area (Å²) in [5, 5.41) is 5.36. The summed E-state index contributed by atoms with van der Waals surface area (Å²) in [4.78, 5) is 15.6. The molecule has 0 spiro atoms. The number of halogens is 1. The van der Waals surface area contributed by atoms with Crippen LogP contribution in [0, 0.1) is 17.7 Å². The average molecular weight is 237 g/mol. The number of hydrogen-bond donors (Lipinski definition) is 2. The van der Waals surface area contributed by atoms with Gasteiger partial charge in [-0.3, -0.25) is 4.79 Å². The Morgan fingerprint density at radius 1 is 1.65 bits per heavy atom. The van der Waals surface area contributed by atoms with Gasteiger partial charge in [-0.05, 0) is 24.3 Å². The van der Waals surface area contributed by atoms with Crippen molar-refractivity contribution in [3.63, 3.8) is 0 Å². The van der Waals surface area contributed by atoms with Gasteiger partial charge in [0.15, 0.2) is 11.6 Å². The molecule has 2 atom stereocenters. The van der Waals surface area contributed by atoms with Gasteiger partial charge in [0.25, 0.3) is 5.91 Å². The Bertz CT molecular complexity index is 436. The van der Waals surface area contributed by atoms with Crippen molar-refractivity contribution in [2.24, 2.45) is 11.8 Å². The molecule has 5 heteroatoms. The molecule has 1 amide bonds. The second kappa shape index (κ2) is 4.69. The van der Waals surface area contributed by atoms with Crippen molar-refractivity contribution in [3.8, 4) is 0 Å². The standard InChI is InChI=1S/C12H16FN3O/c1-7-5-8(7)6-16-12(17)9-3-4-15-11(14-2)10(9)13/h3-4,7-8H,5-6H2,1-2H3,(H,14,15)(H,16,17). The summed E-state index contributed by atoms with van der Waals surface area (Å²) in [6, 6.07) is 1.39. The summed E-state index contributed by atoms with van der Waals surface area (Å²) < 4.78 is 13.8. The molecule has 1 aromatic rings. The predicted octanol–water partition coefficient (Wildman–Crippen LogP) is 1.65. The van der Waals surface area contributed by atoms with Crippen LogP contribution >= 0.6 is 0 Å². The van der Waals surface area contributed by atoms with Gasteiger partial charge in [0.2, 0.25) is 0 Å². The van der Waals surface area contributed by atoms with E-state index < -0.39 is 5.82 Å². The van der Waals surface area contributed by atoms with Gasteiger partial charge < -0.3 is 10.6 Å². The van der Waals surface area contributed by atoms with Crippen LogP contribution in [0.1, 0.15) is 23.7 Å². The number of hydrogen-bond acceptors (Lipinski definition) is 3. The van der Waals surface area contributed by atoms with Crippen molar-refractivity contribution in [2.75, 3.05) is 18.9 Å². The molecule has 0 saturated heterocycles. The smallest absolute Gasteiger partial charge is 0.254 e. The van der Waals surface area contributed by atoms with Gasteiger partial charge in [0, 0.05) is 19.8 Å². The molecule has 0 aromatic carbocycles. The molecule has 1 heterocycles. The Hall–Kier alpha value is -1.65. The van der Waals surface area contributed by atoms with Crippen molar-refractivity contribution in [1.82, 2.24) is 10.3 Å². The Morgan fingerprint density at radius 3 is 2.94 bits per heavy atom. The normalized spacial score (nSPS) is 22.1.